The zero-order valence-corrected chi connectivity index (χ0v) is 14.7. The number of anilines is 1. The lowest BCUT2D eigenvalue weighted by Gasteiger charge is -2.24. The molecule has 0 radical (unpaired) electrons. The Labute approximate surface area is 150 Å². The Morgan fingerprint density at radius 1 is 1.28 bits per heavy atom. The Hall–Kier alpha value is -2.67. The van der Waals surface area contributed by atoms with Gasteiger partial charge in [-0.3, -0.25) is 0 Å². The van der Waals surface area contributed by atoms with Gasteiger partial charge in [0.2, 0.25) is 0 Å². The van der Waals surface area contributed by atoms with E-state index in [4.69, 9.17) is 0 Å². The summed E-state index contributed by atoms with van der Waals surface area (Å²) in [6.07, 6.45) is 3.73. The van der Waals surface area contributed by atoms with Crippen LogP contribution in [0.2, 0.25) is 0 Å². The monoisotopic (exact) mass is 353 g/mol. The molecule has 1 aliphatic heterocycles. The summed E-state index contributed by atoms with van der Waals surface area (Å²) in [5.41, 5.74) is 2.98. The smallest absolute Gasteiger partial charge is 0.317 e. The molecule has 2 aromatic heterocycles. The molecule has 0 saturated carbocycles. The van der Waals surface area contributed by atoms with Gasteiger partial charge in [-0.05, 0) is 59.5 Å². The standard InChI is InChI=1S/C18H19N5OS/c1-22-12-19-21-17(22)13-4-6-15(7-5-13)20-18(24)23-9-2-3-16(23)14-8-10-25-11-14/h4-8,10-12,16H,2-3,9H2,1H3,(H,20,24). The molecule has 1 saturated heterocycles. The molecule has 1 aliphatic rings. The van der Waals surface area contributed by atoms with Gasteiger partial charge in [0.15, 0.2) is 5.82 Å². The third-order valence-electron chi connectivity index (χ3n) is 4.55. The van der Waals surface area contributed by atoms with Crippen molar-refractivity contribution in [2.24, 2.45) is 7.05 Å². The van der Waals surface area contributed by atoms with Crippen LogP contribution in [0.25, 0.3) is 11.4 Å². The summed E-state index contributed by atoms with van der Waals surface area (Å²) < 4.78 is 1.86. The predicted octanol–water partition coefficient (Wildman–Crippen LogP) is 3.91. The molecule has 1 N–H and O–H groups in total. The number of thiophene rings is 1. The number of carbonyl (C=O) groups is 1. The summed E-state index contributed by atoms with van der Waals surface area (Å²) in [7, 11) is 1.91. The van der Waals surface area contributed by atoms with E-state index >= 15 is 0 Å². The van der Waals surface area contributed by atoms with Crippen LogP contribution in [-0.2, 0) is 7.05 Å². The van der Waals surface area contributed by atoms with Crippen LogP contribution >= 0.6 is 11.3 Å². The highest BCUT2D eigenvalue weighted by atomic mass is 32.1. The van der Waals surface area contributed by atoms with E-state index in [0.29, 0.717) is 0 Å². The zero-order valence-electron chi connectivity index (χ0n) is 13.9. The molecular weight excluding hydrogens is 334 g/mol. The van der Waals surface area contributed by atoms with Gasteiger partial charge in [-0.1, -0.05) is 0 Å². The quantitative estimate of drug-likeness (QED) is 0.776. The van der Waals surface area contributed by atoms with Gasteiger partial charge in [0.1, 0.15) is 6.33 Å². The van der Waals surface area contributed by atoms with Gasteiger partial charge >= 0.3 is 6.03 Å². The lowest BCUT2D eigenvalue weighted by atomic mass is 10.1. The highest BCUT2D eigenvalue weighted by molar-refractivity contribution is 7.08. The lowest BCUT2D eigenvalue weighted by Crippen LogP contribution is -2.34. The molecule has 0 spiro atoms. The normalized spacial score (nSPS) is 17.0. The fraction of sp³-hybridized carbons (Fsp3) is 0.278. The van der Waals surface area contributed by atoms with Crippen molar-refractivity contribution in [2.45, 2.75) is 18.9 Å². The molecule has 0 aliphatic carbocycles. The van der Waals surface area contributed by atoms with Crippen molar-refractivity contribution in [3.63, 3.8) is 0 Å². The number of hydrogen-bond donors (Lipinski definition) is 1. The number of rotatable bonds is 3. The number of benzene rings is 1. The Balaban J connectivity index is 1.46. The van der Waals surface area contributed by atoms with Gasteiger partial charge in [0.05, 0.1) is 6.04 Å². The van der Waals surface area contributed by atoms with Gasteiger partial charge in [0, 0.05) is 24.8 Å². The molecule has 1 unspecified atom stereocenters. The first kappa shape index (κ1) is 15.8. The van der Waals surface area contributed by atoms with Gasteiger partial charge in [-0.25, -0.2) is 4.79 Å². The van der Waals surface area contributed by atoms with Crippen LogP contribution in [0, 0.1) is 0 Å². The Morgan fingerprint density at radius 2 is 2.12 bits per heavy atom. The second-order valence-corrected chi connectivity index (χ2v) is 6.96. The average Bonchev–Trinajstić information content (AvgIpc) is 3.36. The Bertz CT molecular complexity index is 856. The van der Waals surface area contributed by atoms with Crippen LogP contribution in [-0.4, -0.2) is 32.2 Å². The second-order valence-electron chi connectivity index (χ2n) is 6.18. The first-order chi connectivity index (χ1) is 12.2. The molecule has 6 nitrogen and oxygen atoms in total. The minimum atomic E-state index is -0.0416. The van der Waals surface area contributed by atoms with Crippen molar-refractivity contribution in [1.29, 1.82) is 0 Å². The highest BCUT2D eigenvalue weighted by Gasteiger charge is 2.30. The minimum Gasteiger partial charge on any atom is -0.317 e. The SMILES string of the molecule is Cn1cnnc1-c1ccc(NC(=O)N2CCCC2c2ccsc2)cc1. The van der Waals surface area contributed by atoms with E-state index in [1.165, 1.54) is 5.56 Å². The number of nitrogens with zero attached hydrogens (tertiary/aromatic N) is 4. The molecule has 2 amide bonds. The summed E-state index contributed by atoms with van der Waals surface area (Å²) in [5, 5.41) is 15.2. The molecule has 25 heavy (non-hydrogen) atoms. The second kappa shape index (κ2) is 6.68. The zero-order chi connectivity index (χ0) is 17.2. The molecule has 1 atom stereocenters. The van der Waals surface area contributed by atoms with E-state index in [9.17, 15) is 4.79 Å². The van der Waals surface area contributed by atoms with E-state index < -0.39 is 0 Å². The van der Waals surface area contributed by atoms with Gasteiger partial charge in [0.25, 0.3) is 0 Å². The van der Waals surface area contributed by atoms with Gasteiger partial charge < -0.3 is 14.8 Å². The number of aryl methyl sites for hydroxylation is 1. The molecule has 3 heterocycles. The van der Waals surface area contributed by atoms with Crippen molar-refractivity contribution >= 4 is 23.1 Å². The van der Waals surface area contributed by atoms with Crippen LogP contribution in [0.5, 0.6) is 0 Å². The first-order valence-electron chi connectivity index (χ1n) is 8.26. The number of amides is 2. The molecule has 7 heteroatoms. The highest BCUT2D eigenvalue weighted by Crippen LogP contribution is 2.33. The van der Waals surface area contributed by atoms with Crippen LogP contribution in [0.4, 0.5) is 10.5 Å². The number of urea groups is 1. The van der Waals surface area contributed by atoms with Crippen LogP contribution in [0.1, 0.15) is 24.4 Å². The summed E-state index contributed by atoms with van der Waals surface area (Å²) in [6.45, 7) is 0.795. The molecular formula is C18H19N5OS. The number of aromatic nitrogens is 3. The first-order valence-corrected chi connectivity index (χ1v) is 9.21. The third kappa shape index (κ3) is 3.15. The minimum absolute atomic E-state index is 0.0416. The van der Waals surface area contributed by atoms with E-state index in [-0.39, 0.29) is 12.1 Å². The van der Waals surface area contributed by atoms with Crippen molar-refractivity contribution in [2.75, 3.05) is 11.9 Å². The molecule has 4 rings (SSSR count). The van der Waals surface area contributed by atoms with Crippen molar-refractivity contribution < 1.29 is 4.79 Å². The topological polar surface area (TPSA) is 63.1 Å². The Morgan fingerprint density at radius 3 is 2.80 bits per heavy atom. The molecule has 1 fully saturated rings. The third-order valence-corrected chi connectivity index (χ3v) is 5.25. The molecule has 3 aromatic rings. The molecule has 1 aromatic carbocycles. The average molecular weight is 353 g/mol. The summed E-state index contributed by atoms with van der Waals surface area (Å²) >= 11 is 1.67. The van der Waals surface area contributed by atoms with Gasteiger partial charge in [-0.15, -0.1) is 10.2 Å². The van der Waals surface area contributed by atoms with Crippen molar-refractivity contribution in [1.82, 2.24) is 19.7 Å². The predicted molar refractivity (Wildman–Crippen MR) is 98.5 cm³/mol. The van der Waals surface area contributed by atoms with E-state index in [1.54, 1.807) is 17.7 Å². The fourth-order valence-corrected chi connectivity index (χ4v) is 3.97. The summed E-state index contributed by atoms with van der Waals surface area (Å²) in [5.74, 6) is 0.801. The van der Waals surface area contributed by atoms with E-state index in [0.717, 1.165) is 36.5 Å². The molecule has 128 valence electrons. The summed E-state index contributed by atoms with van der Waals surface area (Å²) in [6, 6.07) is 9.94. The van der Waals surface area contributed by atoms with Crippen LogP contribution in [0.15, 0.2) is 47.4 Å². The van der Waals surface area contributed by atoms with Gasteiger partial charge in [-0.2, -0.15) is 11.3 Å². The maximum Gasteiger partial charge on any atom is 0.322 e. The van der Waals surface area contributed by atoms with Crippen molar-refractivity contribution in [3.8, 4) is 11.4 Å². The fourth-order valence-electron chi connectivity index (χ4n) is 3.26. The maximum atomic E-state index is 12.7. The van der Waals surface area contributed by atoms with Crippen LogP contribution < -0.4 is 5.32 Å². The van der Waals surface area contributed by atoms with E-state index in [2.05, 4.69) is 32.3 Å². The maximum absolute atomic E-state index is 12.7. The number of likely N-dealkylation sites (tertiary alicyclic amines) is 1. The summed E-state index contributed by atoms with van der Waals surface area (Å²) in [4.78, 5) is 14.6. The number of carbonyl (C=O) groups excluding carboxylic acids is 1. The van der Waals surface area contributed by atoms with E-state index in [1.807, 2.05) is 40.8 Å². The largest absolute Gasteiger partial charge is 0.322 e. The van der Waals surface area contributed by atoms with Crippen molar-refractivity contribution in [3.05, 3.63) is 53.0 Å². The lowest BCUT2D eigenvalue weighted by molar-refractivity contribution is 0.207. The molecule has 0 bridgehead atoms. The number of nitrogens with one attached hydrogen (secondary N) is 1. The number of hydrogen-bond acceptors (Lipinski definition) is 4. The van der Waals surface area contributed by atoms with Crippen LogP contribution in [0.3, 0.4) is 0 Å². The Kier molecular flexibility index (Phi) is 4.23.